The number of nitrogens with zero attached hydrogens (tertiary/aromatic N) is 1. The Morgan fingerprint density at radius 1 is 1.24 bits per heavy atom. The molecule has 5 heteroatoms. The number of hydrogen-bond acceptors (Lipinski definition) is 3. The van der Waals surface area contributed by atoms with E-state index in [0.717, 1.165) is 25.2 Å². The minimum atomic E-state index is -0.772. The predicted octanol–water partition coefficient (Wildman–Crippen LogP) is 1.24. The summed E-state index contributed by atoms with van der Waals surface area (Å²) in [5.74, 6) is -0.772. The van der Waals surface area contributed by atoms with Crippen molar-refractivity contribution in [2.45, 2.75) is 25.2 Å². The molecule has 1 saturated heterocycles. The molecule has 0 atom stereocenters. The van der Waals surface area contributed by atoms with Crippen molar-refractivity contribution in [2.75, 3.05) is 26.2 Å². The van der Waals surface area contributed by atoms with Gasteiger partial charge < -0.3 is 15.3 Å². The fraction of sp³-hybridized carbons (Fsp3) is 0.500. The standard InChI is InChI=1S/C16H22N2O3/c1-13(19)17-9-12-18-10-7-16(8-11-18,15(20)21)14-5-3-2-4-6-14/h2-6H,7-12H2,1H3,(H,17,19)(H,20,21). The molecule has 0 aromatic heterocycles. The van der Waals surface area contributed by atoms with Crippen LogP contribution in [0.5, 0.6) is 0 Å². The van der Waals surface area contributed by atoms with Gasteiger partial charge in [0.2, 0.25) is 5.91 Å². The third-order valence-corrected chi connectivity index (χ3v) is 4.25. The van der Waals surface area contributed by atoms with E-state index in [2.05, 4.69) is 10.2 Å². The van der Waals surface area contributed by atoms with Crippen LogP contribution in [0, 0.1) is 0 Å². The third kappa shape index (κ3) is 3.61. The summed E-state index contributed by atoms with van der Waals surface area (Å²) in [5, 5.41) is 12.5. The molecule has 1 aromatic rings. The van der Waals surface area contributed by atoms with E-state index in [1.54, 1.807) is 0 Å². The molecule has 2 rings (SSSR count). The molecule has 1 heterocycles. The van der Waals surface area contributed by atoms with Crippen LogP contribution in [0.2, 0.25) is 0 Å². The van der Waals surface area contributed by atoms with Crippen molar-refractivity contribution in [1.29, 1.82) is 0 Å². The lowest BCUT2D eigenvalue weighted by molar-refractivity contribution is -0.146. The zero-order chi connectivity index (χ0) is 15.3. The Morgan fingerprint density at radius 2 is 1.86 bits per heavy atom. The number of benzene rings is 1. The maximum atomic E-state index is 11.8. The lowest BCUT2D eigenvalue weighted by Gasteiger charge is -2.39. The van der Waals surface area contributed by atoms with Gasteiger partial charge in [0.05, 0.1) is 5.41 Å². The molecule has 0 aliphatic carbocycles. The third-order valence-electron chi connectivity index (χ3n) is 4.25. The SMILES string of the molecule is CC(=O)NCCN1CCC(C(=O)O)(c2ccccc2)CC1. The Hall–Kier alpha value is -1.88. The van der Waals surface area contributed by atoms with Gasteiger partial charge >= 0.3 is 5.97 Å². The molecule has 114 valence electrons. The van der Waals surface area contributed by atoms with Crippen molar-refractivity contribution in [3.8, 4) is 0 Å². The summed E-state index contributed by atoms with van der Waals surface area (Å²) >= 11 is 0. The van der Waals surface area contributed by atoms with Gasteiger partial charge in [0.1, 0.15) is 0 Å². The Morgan fingerprint density at radius 3 is 2.38 bits per heavy atom. The van der Waals surface area contributed by atoms with Crippen LogP contribution in [0.4, 0.5) is 0 Å². The second-order valence-electron chi connectivity index (χ2n) is 5.58. The van der Waals surface area contributed by atoms with Crippen LogP contribution in [-0.4, -0.2) is 48.1 Å². The van der Waals surface area contributed by atoms with Crippen LogP contribution < -0.4 is 5.32 Å². The van der Waals surface area contributed by atoms with Gasteiger partial charge in [-0.15, -0.1) is 0 Å². The first-order valence-electron chi connectivity index (χ1n) is 7.30. The van der Waals surface area contributed by atoms with Gasteiger partial charge in [0, 0.05) is 20.0 Å². The highest BCUT2D eigenvalue weighted by molar-refractivity contribution is 5.81. The average Bonchev–Trinajstić information content (AvgIpc) is 2.48. The molecule has 0 radical (unpaired) electrons. The molecule has 0 unspecified atom stereocenters. The average molecular weight is 290 g/mol. The number of likely N-dealkylation sites (tertiary alicyclic amines) is 1. The highest BCUT2D eigenvalue weighted by Crippen LogP contribution is 2.35. The Labute approximate surface area is 125 Å². The number of aliphatic carboxylic acids is 1. The molecule has 1 fully saturated rings. The van der Waals surface area contributed by atoms with Crippen molar-refractivity contribution >= 4 is 11.9 Å². The number of rotatable bonds is 5. The van der Waals surface area contributed by atoms with E-state index in [-0.39, 0.29) is 5.91 Å². The number of carbonyl (C=O) groups excluding carboxylic acids is 1. The summed E-state index contributed by atoms with van der Waals surface area (Å²) in [7, 11) is 0. The quantitative estimate of drug-likeness (QED) is 0.856. The second kappa shape index (κ2) is 6.72. The van der Waals surface area contributed by atoms with E-state index in [0.29, 0.717) is 19.4 Å². The van der Waals surface area contributed by atoms with Gasteiger partial charge in [-0.2, -0.15) is 0 Å². The number of piperidine rings is 1. The van der Waals surface area contributed by atoms with Gasteiger partial charge in [-0.05, 0) is 31.5 Å². The molecule has 5 nitrogen and oxygen atoms in total. The van der Waals surface area contributed by atoms with Crippen molar-refractivity contribution in [2.24, 2.45) is 0 Å². The van der Waals surface area contributed by atoms with Crippen LogP contribution in [0.1, 0.15) is 25.3 Å². The van der Waals surface area contributed by atoms with Gasteiger partial charge in [-0.1, -0.05) is 30.3 Å². The van der Waals surface area contributed by atoms with Crippen molar-refractivity contribution < 1.29 is 14.7 Å². The predicted molar refractivity (Wildman–Crippen MR) is 80.1 cm³/mol. The Balaban J connectivity index is 1.99. The number of carboxylic acids is 1. The summed E-state index contributed by atoms with van der Waals surface area (Å²) in [6.45, 7) is 4.35. The molecule has 1 aliphatic rings. The van der Waals surface area contributed by atoms with E-state index < -0.39 is 11.4 Å². The first-order chi connectivity index (χ1) is 10.0. The molecule has 2 N–H and O–H groups in total. The lowest BCUT2D eigenvalue weighted by Crippen LogP contribution is -2.48. The maximum absolute atomic E-state index is 11.8. The van der Waals surface area contributed by atoms with Crippen LogP contribution in [0.25, 0.3) is 0 Å². The smallest absolute Gasteiger partial charge is 0.314 e. The highest BCUT2D eigenvalue weighted by atomic mass is 16.4. The van der Waals surface area contributed by atoms with Gasteiger partial charge in [0.25, 0.3) is 0 Å². The van der Waals surface area contributed by atoms with Crippen LogP contribution in [0.15, 0.2) is 30.3 Å². The molecular formula is C16H22N2O3. The van der Waals surface area contributed by atoms with Crippen molar-refractivity contribution in [1.82, 2.24) is 10.2 Å². The molecule has 1 aromatic carbocycles. The van der Waals surface area contributed by atoms with Crippen molar-refractivity contribution in [3.63, 3.8) is 0 Å². The molecule has 1 aliphatic heterocycles. The number of nitrogens with one attached hydrogen (secondary N) is 1. The van der Waals surface area contributed by atoms with Gasteiger partial charge in [0.15, 0.2) is 0 Å². The molecule has 0 saturated carbocycles. The largest absolute Gasteiger partial charge is 0.481 e. The van der Waals surface area contributed by atoms with Crippen LogP contribution in [-0.2, 0) is 15.0 Å². The zero-order valence-electron chi connectivity index (χ0n) is 12.3. The number of carbonyl (C=O) groups is 2. The summed E-state index contributed by atoms with van der Waals surface area (Å²) in [4.78, 5) is 24.9. The van der Waals surface area contributed by atoms with Crippen molar-refractivity contribution in [3.05, 3.63) is 35.9 Å². The summed E-state index contributed by atoms with van der Waals surface area (Å²) in [6.07, 6.45) is 1.21. The molecule has 0 bridgehead atoms. The minimum absolute atomic E-state index is 0.0313. The maximum Gasteiger partial charge on any atom is 0.314 e. The first-order valence-corrected chi connectivity index (χ1v) is 7.30. The number of carboxylic acid groups (broad SMARTS) is 1. The topological polar surface area (TPSA) is 69.6 Å². The normalized spacial score (nSPS) is 18.1. The first kappa shape index (κ1) is 15.5. The molecule has 1 amide bonds. The van der Waals surface area contributed by atoms with Crippen LogP contribution >= 0.6 is 0 Å². The monoisotopic (exact) mass is 290 g/mol. The lowest BCUT2D eigenvalue weighted by atomic mass is 9.73. The summed E-state index contributed by atoms with van der Waals surface area (Å²) in [6, 6.07) is 9.50. The van der Waals surface area contributed by atoms with E-state index in [1.165, 1.54) is 6.92 Å². The van der Waals surface area contributed by atoms with E-state index in [1.807, 2.05) is 30.3 Å². The number of hydrogen-bond donors (Lipinski definition) is 2. The Kier molecular flexibility index (Phi) is 4.96. The fourth-order valence-electron chi connectivity index (χ4n) is 2.93. The second-order valence-corrected chi connectivity index (χ2v) is 5.58. The fourth-order valence-corrected chi connectivity index (χ4v) is 2.93. The van der Waals surface area contributed by atoms with Gasteiger partial charge in [-0.25, -0.2) is 0 Å². The number of amides is 1. The minimum Gasteiger partial charge on any atom is -0.481 e. The molecular weight excluding hydrogens is 268 g/mol. The molecule has 21 heavy (non-hydrogen) atoms. The zero-order valence-corrected chi connectivity index (χ0v) is 12.3. The van der Waals surface area contributed by atoms with E-state index in [4.69, 9.17) is 0 Å². The Bertz CT molecular complexity index is 494. The highest BCUT2D eigenvalue weighted by Gasteiger charge is 2.42. The van der Waals surface area contributed by atoms with E-state index >= 15 is 0 Å². The summed E-state index contributed by atoms with van der Waals surface area (Å²) in [5.41, 5.74) is 0.116. The van der Waals surface area contributed by atoms with Crippen LogP contribution in [0.3, 0.4) is 0 Å². The summed E-state index contributed by atoms with van der Waals surface area (Å²) < 4.78 is 0. The van der Waals surface area contributed by atoms with Gasteiger partial charge in [-0.3, -0.25) is 9.59 Å². The molecule has 0 spiro atoms. The van der Waals surface area contributed by atoms with E-state index in [9.17, 15) is 14.7 Å².